The summed E-state index contributed by atoms with van der Waals surface area (Å²) in [7, 11) is 0. The second-order valence-corrected chi connectivity index (χ2v) is 6.55. The van der Waals surface area contributed by atoms with Gasteiger partial charge in [-0.3, -0.25) is 9.69 Å². The maximum Gasteiger partial charge on any atom is 0.251 e. The van der Waals surface area contributed by atoms with Crippen molar-refractivity contribution < 1.29 is 0 Å². The predicted octanol–water partition coefficient (Wildman–Crippen LogP) is 5.39. The molecule has 0 amide bonds. The molecule has 3 aromatic rings. The first kappa shape index (κ1) is 22.3. The lowest BCUT2D eigenvalue weighted by Gasteiger charge is -2.26. The molecule has 0 saturated heterocycles. The second kappa shape index (κ2) is 11.1. The zero-order valence-corrected chi connectivity index (χ0v) is 16.6. The summed E-state index contributed by atoms with van der Waals surface area (Å²) in [5.74, 6) is 0.690. The Bertz CT molecular complexity index is 962. The summed E-state index contributed by atoms with van der Waals surface area (Å²) in [5.41, 5.74) is 4.01. The monoisotopic (exact) mass is 389 g/mol. The summed E-state index contributed by atoms with van der Waals surface area (Å²) < 4.78 is 0. The van der Waals surface area contributed by atoms with E-state index in [-0.39, 0.29) is 13.0 Å². The Labute approximate surface area is 174 Å². The van der Waals surface area contributed by atoms with Crippen molar-refractivity contribution >= 4 is 5.57 Å². The molecule has 29 heavy (non-hydrogen) atoms. The average molecular weight is 390 g/mol. The Morgan fingerprint density at radius 1 is 1.00 bits per heavy atom. The van der Waals surface area contributed by atoms with E-state index < -0.39 is 0 Å². The molecule has 0 unspecified atom stereocenters. The minimum Gasteiger partial charge on any atom is -0.307 e. The molecule has 0 spiro atoms. The highest BCUT2D eigenvalue weighted by Crippen LogP contribution is 2.22. The number of aromatic nitrogens is 2. The van der Waals surface area contributed by atoms with Gasteiger partial charge in [-0.15, -0.1) is 0 Å². The van der Waals surface area contributed by atoms with Gasteiger partial charge >= 0.3 is 0 Å². The van der Waals surface area contributed by atoms with E-state index in [1.807, 2.05) is 50.2 Å². The molecule has 0 aliphatic carbocycles. The number of nitrogens with one attached hydrogen (secondary N) is 1. The van der Waals surface area contributed by atoms with Gasteiger partial charge in [0.15, 0.2) is 0 Å². The highest BCUT2D eigenvalue weighted by Gasteiger charge is 2.15. The fraction of sp³-hybridized carbons (Fsp3) is 0.280. The van der Waals surface area contributed by atoms with E-state index in [0.717, 1.165) is 42.9 Å². The van der Waals surface area contributed by atoms with Gasteiger partial charge in [0.25, 0.3) is 5.56 Å². The van der Waals surface area contributed by atoms with Crippen LogP contribution in [0.5, 0.6) is 0 Å². The van der Waals surface area contributed by atoms with Crippen molar-refractivity contribution in [2.24, 2.45) is 0 Å². The van der Waals surface area contributed by atoms with Gasteiger partial charge in [0.1, 0.15) is 5.82 Å². The normalized spacial score (nSPS) is 13.5. The van der Waals surface area contributed by atoms with Crippen LogP contribution in [0.15, 0.2) is 77.6 Å². The smallest absolute Gasteiger partial charge is 0.251 e. The molecule has 4 nitrogen and oxygen atoms in total. The number of nitrogens with zero attached hydrogens (tertiary/aromatic N) is 2. The Hall–Kier alpha value is -2.98. The zero-order valence-electron chi connectivity index (χ0n) is 16.6. The number of H-pyrrole nitrogens is 1. The van der Waals surface area contributed by atoms with Crippen molar-refractivity contribution in [1.29, 1.82) is 0 Å². The van der Waals surface area contributed by atoms with Gasteiger partial charge in [0.05, 0.1) is 5.69 Å². The van der Waals surface area contributed by atoms with Crippen LogP contribution in [0.3, 0.4) is 0 Å². The third-order valence-corrected chi connectivity index (χ3v) is 4.66. The highest BCUT2D eigenvalue weighted by atomic mass is 16.1. The standard InChI is InChI=1S/C22H21N3O.C2H6.CH4/c26-21-15-20(18-9-5-2-6-10-18)23-22(24-21)19-11-13-25(14-12-19)16-17-7-3-1-4-8-17;1-2;/h1-11,15H,12-14,16H2,(H,23,24,26);1-2H3;1H4. The van der Waals surface area contributed by atoms with Crippen molar-refractivity contribution in [1.82, 2.24) is 14.9 Å². The van der Waals surface area contributed by atoms with E-state index in [9.17, 15) is 4.79 Å². The van der Waals surface area contributed by atoms with Crippen LogP contribution in [0, 0.1) is 0 Å². The van der Waals surface area contributed by atoms with Gasteiger partial charge in [0, 0.05) is 31.3 Å². The van der Waals surface area contributed by atoms with Crippen LogP contribution in [0.4, 0.5) is 0 Å². The van der Waals surface area contributed by atoms with Gasteiger partial charge < -0.3 is 4.98 Å². The summed E-state index contributed by atoms with van der Waals surface area (Å²) in [6, 6.07) is 21.9. The van der Waals surface area contributed by atoms with Gasteiger partial charge in [-0.1, -0.05) is 88.0 Å². The van der Waals surface area contributed by atoms with E-state index in [4.69, 9.17) is 4.98 Å². The lowest BCUT2D eigenvalue weighted by Crippen LogP contribution is -2.28. The van der Waals surface area contributed by atoms with Gasteiger partial charge in [-0.05, 0) is 17.6 Å². The molecule has 0 atom stereocenters. The first-order valence-electron chi connectivity index (χ1n) is 9.90. The topological polar surface area (TPSA) is 49.0 Å². The average Bonchev–Trinajstić information content (AvgIpc) is 2.77. The van der Waals surface area contributed by atoms with E-state index in [0.29, 0.717) is 5.82 Å². The number of aromatic amines is 1. The minimum atomic E-state index is -0.110. The quantitative estimate of drug-likeness (QED) is 0.651. The first-order chi connectivity index (χ1) is 13.8. The van der Waals surface area contributed by atoms with Crippen LogP contribution in [0.2, 0.25) is 0 Å². The van der Waals surface area contributed by atoms with Crippen LogP contribution < -0.4 is 5.56 Å². The number of rotatable bonds is 4. The molecule has 4 rings (SSSR count). The molecule has 152 valence electrons. The summed E-state index contributed by atoms with van der Waals surface area (Å²) in [5, 5.41) is 0. The molecule has 0 saturated carbocycles. The molecule has 1 aromatic heterocycles. The maximum atomic E-state index is 12.1. The fourth-order valence-electron chi connectivity index (χ4n) is 3.28. The number of hydrogen-bond acceptors (Lipinski definition) is 3. The lowest BCUT2D eigenvalue weighted by atomic mass is 10.1. The molecule has 0 fully saturated rings. The maximum absolute atomic E-state index is 12.1. The summed E-state index contributed by atoms with van der Waals surface area (Å²) in [4.78, 5) is 22.1. The van der Waals surface area contributed by atoms with Crippen LogP contribution in [0.25, 0.3) is 16.8 Å². The number of hydrogen-bond donors (Lipinski definition) is 1. The summed E-state index contributed by atoms with van der Waals surface area (Å²) >= 11 is 0. The van der Waals surface area contributed by atoms with Crippen LogP contribution in [0.1, 0.15) is 39.1 Å². The summed E-state index contributed by atoms with van der Waals surface area (Å²) in [6.45, 7) is 6.77. The zero-order chi connectivity index (χ0) is 19.8. The molecular formula is C25H31N3O. The Balaban J connectivity index is 0.000000970. The molecule has 1 N–H and O–H groups in total. The third-order valence-electron chi connectivity index (χ3n) is 4.66. The van der Waals surface area contributed by atoms with Crippen molar-refractivity contribution in [2.75, 3.05) is 13.1 Å². The van der Waals surface area contributed by atoms with Gasteiger partial charge in [-0.2, -0.15) is 0 Å². The van der Waals surface area contributed by atoms with E-state index in [1.54, 1.807) is 6.07 Å². The van der Waals surface area contributed by atoms with Crippen LogP contribution in [-0.2, 0) is 6.54 Å². The van der Waals surface area contributed by atoms with E-state index >= 15 is 0 Å². The van der Waals surface area contributed by atoms with E-state index in [2.05, 4.69) is 40.2 Å². The first-order valence-corrected chi connectivity index (χ1v) is 9.90. The Kier molecular flexibility index (Phi) is 8.56. The molecule has 2 heterocycles. The molecule has 1 aliphatic rings. The third kappa shape index (κ3) is 6.00. The van der Waals surface area contributed by atoms with Crippen molar-refractivity contribution in [3.8, 4) is 11.3 Å². The second-order valence-electron chi connectivity index (χ2n) is 6.55. The Morgan fingerprint density at radius 3 is 2.28 bits per heavy atom. The fourth-order valence-corrected chi connectivity index (χ4v) is 3.28. The van der Waals surface area contributed by atoms with Gasteiger partial charge in [-0.25, -0.2) is 4.98 Å². The van der Waals surface area contributed by atoms with Crippen molar-refractivity contribution in [2.45, 2.75) is 34.2 Å². The predicted molar refractivity (Wildman–Crippen MR) is 123 cm³/mol. The number of benzene rings is 2. The van der Waals surface area contributed by atoms with Crippen molar-refractivity contribution in [3.05, 3.63) is 94.5 Å². The molecule has 0 bridgehead atoms. The largest absolute Gasteiger partial charge is 0.307 e. The SMILES string of the molecule is C.CC.O=c1cc(-c2ccccc2)nc(C2=CCN(Cc3ccccc3)CC2)[nH]1. The summed E-state index contributed by atoms with van der Waals surface area (Å²) in [6.07, 6.45) is 3.06. The Morgan fingerprint density at radius 2 is 1.66 bits per heavy atom. The van der Waals surface area contributed by atoms with Crippen LogP contribution in [-0.4, -0.2) is 28.0 Å². The molecular weight excluding hydrogens is 358 g/mol. The molecule has 0 radical (unpaired) electrons. The lowest BCUT2D eigenvalue weighted by molar-refractivity contribution is 0.293. The van der Waals surface area contributed by atoms with E-state index in [1.165, 1.54) is 5.56 Å². The van der Waals surface area contributed by atoms with Crippen molar-refractivity contribution in [3.63, 3.8) is 0 Å². The molecule has 1 aliphatic heterocycles. The molecule has 2 aromatic carbocycles. The highest BCUT2D eigenvalue weighted by molar-refractivity contribution is 5.65. The van der Waals surface area contributed by atoms with Crippen LogP contribution >= 0.6 is 0 Å². The molecule has 4 heteroatoms. The van der Waals surface area contributed by atoms with Gasteiger partial charge in [0.2, 0.25) is 0 Å². The minimum absolute atomic E-state index is 0.